The lowest BCUT2D eigenvalue weighted by molar-refractivity contribution is 0.283. The Balaban J connectivity index is 2.14. The summed E-state index contributed by atoms with van der Waals surface area (Å²) < 4.78 is 0. The van der Waals surface area contributed by atoms with Gasteiger partial charge in [0.15, 0.2) is 0 Å². The number of aliphatic hydroxyl groups excluding tert-OH is 1. The summed E-state index contributed by atoms with van der Waals surface area (Å²) in [7, 11) is 0. The van der Waals surface area contributed by atoms with E-state index in [4.69, 9.17) is 16.2 Å². The third-order valence-electron chi connectivity index (χ3n) is 3.06. The van der Waals surface area contributed by atoms with E-state index >= 15 is 0 Å². The first kappa shape index (κ1) is 11.8. The molecule has 1 aliphatic carbocycles. The van der Waals surface area contributed by atoms with Crippen LogP contribution in [0, 0.1) is 5.41 Å². The maximum absolute atomic E-state index is 9.07. The van der Waals surface area contributed by atoms with Gasteiger partial charge in [-0.25, -0.2) is 9.97 Å². The topological polar surface area (TPSA) is 99.1 Å². The van der Waals surface area contributed by atoms with E-state index < -0.39 is 0 Å². The molecule has 0 amide bonds. The number of hydrogen-bond acceptors (Lipinski definition) is 5. The van der Waals surface area contributed by atoms with Gasteiger partial charge in [-0.05, 0) is 19.3 Å². The Labute approximate surface area is 100.0 Å². The number of amidine groups is 1. The van der Waals surface area contributed by atoms with E-state index in [1.807, 2.05) is 0 Å². The number of hydrogen-bond donors (Lipinski definition) is 3. The normalized spacial score (nSPS) is 15.4. The van der Waals surface area contributed by atoms with Gasteiger partial charge >= 0.3 is 0 Å². The predicted octanol–water partition coefficient (Wildman–Crippen LogP) is 0.112. The first-order valence-electron chi connectivity index (χ1n) is 5.76. The van der Waals surface area contributed by atoms with Crippen molar-refractivity contribution in [2.75, 3.05) is 18.1 Å². The van der Waals surface area contributed by atoms with Crippen LogP contribution in [0.25, 0.3) is 0 Å². The number of nitrogen functional groups attached to an aromatic ring is 1. The molecule has 0 aliphatic heterocycles. The van der Waals surface area contributed by atoms with Crippen molar-refractivity contribution >= 4 is 11.7 Å². The smallest absolute Gasteiger partial charge is 0.147 e. The minimum absolute atomic E-state index is 0.0820. The van der Waals surface area contributed by atoms with Crippen LogP contribution in [0.4, 0.5) is 5.82 Å². The number of nitrogens with two attached hydrogens (primary N) is 1. The monoisotopic (exact) mass is 235 g/mol. The molecule has 0 unspecified atom stereocenters. The number of anilines is 1. The molecule has 1 aromatic heterocycles. The average molecular weight is 235 g/mol. The Kier molecular flexibility index (Phi) is 3.53. The molecule has 1 aromatic rings. The van der Waals surface area contributed by atoms with Gasteiger partial charge in [0.2, 0.25) is 0 Å². The van der Waals surface area contributed by atoms with Crippen molar-refractivity contribution in [3.05, 3.63) is 18.1 Å². The van der Waals surface area contributed by atoms with Crippen LogP contribution < -0.4 is 10.6 Å². The summed E-state index contributed by atoms with van der Waals surface area (Å²) in [5, 5.41) is 16.3. The second-order valence-corrected chi connectivity index (χ2v) is 4.18. The summed E-state index contributed by atoms with van der Waals surface area (Å²) in [5.41, 5.74) is 5.70. The minimum atomic E-state index is -0.0820. The number of rotatable bonds is 5. The predicted molar refractivity (Wildman–Crippen MR) is 65.1 cm³/mol. The summed E-state index contributed by atoms with van der Waals surface area (Å²) in [5.74, 6) is 0.662. The van der Waals surface area contributed by atoms with Crippen molar-refractivity contribution in [3.8, 4) is 0 Å². The maximum atomic E-state index is 9.07. The zero-order valence-electron chi connectivity index (χ0n) is 9.63. The van der Waals surface area contributed by atoms with E-state index in [1.165, 1.54) is 12.6 Å². The van der Waals surface area contributed by atoms with Gasteiger partial charge in [-0.15, -0.1) is 0 Å². The van der Waals surface area contributed by atoms with E-state index in [2.05, 4.69) is 14.9 Å². The Morgan fingerprint density at radius 3 is 2.65 bits per heavy atom. The molecule has 0 saturated heterocycles. The number of aromatic nitrogens is 2. The van der Waals surface area contributed by atoms with Gasteiger partial charge in [-0.3, -0.25) is 5.41 Å². The van der Waals surface area contributed by atoms with Gasteiger partial charge in [0.1, 0.15) is 17.3 Å². The van der Waals surface area contributed by atoms with Crippen molar-refractivity contribution in [1.29, 1.82) is 5.41 Å². The summed E-state index contributed by atoms with van der Waals surface area (Å²) >= 11 is 0. The lowest BCUT2D eigenvalue weighted by atomic mass is 9.91. The molecule has 0 bridgehead atoms. The molecule has 0 atom stereocenters. The van der Waals surface area contributed by atoms with Crippen molar-refractivity contribution in [2.45, 2.75) is 25.3 Å². The lowest BCUT2D eigenvalue weighted by Crippen LogP contribution is -2.42. The quantitative estimate of drug-likeness (QED) is 0.497. The molecule has 6 heteroatoms. The first-order valence-corrected chi connectivity index (χ1v) is 5.76. The highest BCUT2D eigenvalue weighted by atomic mass is 16.3. The molecule has 1 aliphatic rings. The molecule has 6 nitrogen and oxygen atoms in total. The SMILES string of the molecule is N=C(N)c1cnc(N(CCO)C2CCC2)cn1. The average Bonchev–Trinajstić information content (AvgIpc) is 2.26. The molecule has 2 rings (SSSR count). The Hall–Kier alpha value is -1.69. The van der Waals surface area contributed by atoms with E-state index in [1.54, 1.807) is 6.20 Å². The van der Waals surface area contributed by atoms with Crippen LogP contribution in [0.15, 0.2) is 12.4 Å². The van der Waals surface area contributed by atoms with Crippen molar-refractivity contribution in [2.24, 2.45) is 5.73 Å². The highest BCUT2D eigenvalue weighted by molar-refractivity contribution is 5.92. The van der Waals surface area contributed by atoms with Crippen molar-refractivity contribution in [1.82, 2.24) is 9.97 Å². The Morgan fingerprint density at radius 2 is 2.24 bits per heavy atom. The third kappa shape index (κ3) is 2.52. The second-order valence-electron chi connectivity index (χ2n) is 4.18. The van der Waals surface area contributed by atoms with E-state index in [0.29, 0.717) is 18.3 Å². The van der Waals surface area contributed by atoms with E-state index in [0.717, 1.165) is 18.7 Å². The number of aliphatic hydroxyl groups is 1. The standard InChI is InChI=1S/C11H17N5O/c12-11(13)9-6-15-10(7-14-9)16(4-5-17)8-2-1-3-8/h6-8,17H,1-5H2,(H3,12,13). The summed E-state index contributed by atoms with van der Waals surface area (Å²) in [6.45, 7) is 0.672. The first-order chi connectivity index (χ1) is 8.22. The van der Waals surface area contributed by atoms with Gasteiger partial charge in [-0.1, -0.05) is 0 Å². The molecular formula is C11H17N5O. The van der Waals surface area contributed by atoms with Crippen LogP contribution >= 0.6 is 0 Å². The zero-order valence-corrected chi connectivity index (χ0v) is 9.63. The summed E-state index contributed by atoms with van der Waals surface area (Å²) in [6, 6.07) is 0.458. The van der Waals surface area contributed by atoms with E-state index in [9.17, 15) is 0 Å². The highest BCUT2D eigenvalue weighted by Gasteiger charge is 2.25. The van der Waals surface area contributed by atoms with Gasteiger partial charge in [-0.2, -0.15) is 0 Å². The van der Waals surface area contributed by atoms with Gasteiger partial charge < -0.3 is 15.7 Å². The largest absolute Gasteiger partial charge is 0.395 e. The molecule has 1 heterocycles. The minimum Gasteiger partial charge on any atom is -0.395 e. The Bertz CT molecular complexity index is 387. The third-order valence-corrected chi connectivity index (χ3v) is 3.06. The molecular weight excluding hydrogens is 218 g/mol. The van der Waals surface area contributed by atoms with Crippen LogP contribution in [-0.2, 0) is 0 Å². The molecule has 0 aromatic carbocycles. The second kappa shape index (κ2) is 5.09. The molecule has 17 heavy (non-hydrogen) atoms. The van der Waals surface area contributed by atoms with Gasteiger partial charge in [0, 0.05) is 12.6 Å². The molecule has 92 valence electrons. The van der Waals surface area contributed by atoms with Crippen LogP contribution in [-0.4, -0.2) is 40.1 Å². The van der Waals surface area contributed by atoms with Crippen molar-refractivity contribution in [3.63, 3.8) is 0 Å². The molecule has 0 radical (unpaired) electrons. The van der Waals surface area contributed by atoms with Gasteiger partial charge in [0.25, 0.3) is 0 Å². The van der Waals surface area contributed by atoms with Crippen LogP contribution in [0.2, 0.25) is 0 Å². The fourth-order valence-electron chi connectivity index (χ4n) is 1.90. The van der Waals surface area contributed by atoms with E-state index in [-0.39, 0.29) is 12.4 Å². The fourth-order valence-corrected chi connectivity index (χ4v) is 1.90. The molecule has 4 N–H and O–H groups in total. The molecule has 1 saturated carbocycles. The van der Waals surface area contributed by atoms with Crippen LogP contribution in [0.3, 0.4) is 0 Å². The number of nitrogens with zero attached hydrogens (tertiary/aromatic N) is 3. The highest BCUT2D eigenvalue weighted by Crippen LogP contribution is 2.27. The molecule has 1 fully saturated rings. The molecule has 0 spiro atoms. The Morgan fingerprint density at radius 1 is 1.47 bits per heavy atom. The maximum Gasteiger partial charge on any atom is 0.147 e. The van der Waals surface area contributed by atoms with Crippen molar-refractivity contribution < 1.29 is 5.11 Å². The fraction of sp³-hybridized carbons (Fsp3) is 0.545. The van der Waals surface area contributed by atoms with Crippen LogP contribution in [0.1, 0.15) is 25.0 Å². The lowest BCUT2D eigenvalue weighted by Gasteiger charge is -2.37. The number of nitrogens with one attached hydrogen (secondary N) is 1. The van der Waals surface area contributed by atoms with Gasteiger partial charge in [0.05, 0.1) is 19.0 Å². The van der Waals surface area contributed by atoms with Crippen LogP contribution in [0.5, 0.6) is 0 Å². The summed E-state index contributed by atoms with van der Waals surface area (Å²) in [6.07, 6.45) is 6.61. The summed E-state index contributed by atoms with van der Waals surface area (Å²) in [4.78, 5) is 10.4. The zero-order chi connectivity index (χ0) is 12.3.